The van der Waals surface area contributed by atoms with Gasteiger partial charge in [0.25, 0.3) is 5.91 Å². The molecular formula is C18H25NO3. The highest BCUT2D eigenvalue weighted by Gasteiger charge is 2.31. The number of esters is 1. The van der Waals surface area contributed by atoms with Gasteiger partial charge in [0.1, 0.15) is 6.04 Å². The summed E-state index contributed by atoms with van der Waals surface area (Å²) >= 11 is 0. The maximum absolute atomic E-state index is 12.3. The largest absolute Gasteiger partial charge is 0.467 e. The molecule has 0 unspecified atom stereocenters. The van der Waals surface area contributed by atoms with Gasteiger partial charge in [-0.2, -0.15) is 0 Å². The van der Waals surface area contributed by atoms with E-state index in [0.29, 0.717) is 17.9 Å². The van der Waals surface area contributed by atoms with Crippen LogP contribution in [-0.2, 0) is 14.9 Å². The van der Waals surface area contributed by atoms with E-state index in [-0.39, 0.29) is 17.3 Å². The number of rotatable bonds is 5. The van der Waals surface area contributed by atoms with Crippen molar-refractivity contribution in [2.24, 2.45) is 5.92 Å². The molecule has 1 amide bonds. The van der Waals surface area contributed by atoms with Gasteiger partial charge in [0, 0.05) is 5.56 Å². The molecule has 1 atom stereocenters. The molecular weight excluding hydrogens is 278 g/mol. The molecule has 120 valence electrons. The lowest BCUT2D eigenvalue weighted by Gasteiger charge is -2.20. The molecule has 1 saturated carbocycles. The van der Waals surface area contributed by atoms with Crippen LogP contribution < -0.4 is 5.32 Å². The van der Waals surface area contributed by atoms with E-state index in [1.54, 1.807) is 12.1 Å². The van der Waals surface area contributed by atoms with Crippen molar-refractivity contribution in [3.05, 3.63) is 35.4 Å². The van der Waals surface area contributed by atoms with Crippen LogP contribution in [0, 0.1) is 5.92 Å². The van der Waals surface area contributed by atoms with Crippen LogP contribution in [0.1, 0.15) is 56.0 Å². The summed E-state index contributed by atoms with van der Waals surface area (Å²) in [5, 5.41) is 2.80. The van der Waals surface area contributed by atoms with E-state index >= 15 is 0 Å². The molecule has 1 aromatic carbocycles. The monoisotopic (exact) mass is 303 g/mol. The molecule has 0 heterocycles. The zero-order valence-corrected chi connectivity index (χ0v) is 13.8. The zero-order valence-electron chi connectivity index (χ0n) is 13.8. The Morgan fingerprint density at radius 2 is 1.82 bits per heavy atom. The minimum absolute atomic E-state index is 0.0511. The third-order valence-corrected chi connectivity index (χ3v) is 4.07. The molecule has 0 bridgehead atoms. The van der Waals surface area contributed by atoms with Crippen molar-refractivity contribution < 1.29 is 14.3 Å². The standard InChI is InChI=1S/C18H25NO3/c1-18(2,3)14-9-7-13(8-10-14)16(20)19-15(17(21)22-4)11-12-5-6-12/h7-10,12,15H,5-6,11H2,1-4H3,(H,19,20)/t15-/m1/s1. The fraction of sp³-hybridized carbons (Fsp3) is 0.556. The Bertz CT molecular complexity index is 538. The quantitative estimate of drug-likeness (QED) is 0.851. The van der Waals surface area contributed by atoms with Crippen LogP contribution in [0.2, 0.25) is 0 Å². The first-order valence-corrected chi connectivity index (χ1v) is 7.80. The molecule has 2 rings (SSSR count). The summed E-state index contributed by atoms with van der Waals surface area (Å²) in [6, 6.07) is 6.99. The first kappa shape index (κ1) is 16.5. The van der Waals surface area contributed by atoms with Crippen molar-refractivity contribution in [1.29, 1.82) is 0 Å². The van der Waals surface area contributed by atoms with Gasteiger partial charge in [-0.15, -0.1) is 0 Å². The molecule has 1 aromatic rings. The van der Waals surface area contributed by atoms with Gasteiger partial charge < -0.3 is 10.1 Å². The number of carbonyl (C=O) groups is 2. The number of carbonyl (C=O) groups excluding carboxylic acids is 2. The molecule has 22 heavy (non-hydrogen) atoms. The van der Waals surface area contributed by atoms with E-state index in [2.05, 4.69) is 26.1 Å². The molecule has 1 fully saturated rings. The molecule has 0 radical (unpaired) electrons. The van der Waals surface area contributed by atoms with Crippen LogP contribution >= 0.6 is 0 Å². The highest BCUT2D eigenvalue weighted by atomic mass is 16.5. The SMILES string of the molecule is COC(=O)[C@@H](CC1CC1)NC(=O)c1ccc(C(C)(C)C)cc1. The fourth-order valence-corrected chi connectivity index (χ4v) is 2.41. The Morgan fingerprint density at radius 3 is 2.27 bits per heavy atom. The summed E-state index contributed by atoms with van der Waals surface area (Å²) in [5.41, 5.74) is 1.79. The van der Waals surface area contributed by atoms with Crippen molar-refractivity contribution in [3.63, 3.8) is 0 Å². The lowest BCUT2D eigenvalue weighted by Crippen LogP contribution is -2.41. The van der Waals surface area contributed by atoms with Gasteiger partial charge in [0.05, 0.1) is 7.11 Å². The molecule has 0 spiro atoms. The van der Waals surface area contributed by atoms with Crippen molar-refractivity contribution >= 4 is 11.9 Å². The number of benzene rings is 1. The number of nitrogens with one attached hydrogen (secondary N) is 1. The highest BCUT2D eigenvalue weighted by Crippen LogP contribution is 2.33. The molecule has 0 aliphatic heterocycles. The Morgan fingerprint density at radius 1 is 1.23 bits per heavy atom. The van der Waals surface area contributed by atoms with Gasteiger partial charge in [-0.1, -0.05) is 45.7 Å². The molecule has 1 N–H and O–H groups in total. The third-order valence-electron chi connectivity index (χ3n) is 4.07. The predicted molar refractivity (Wildman–Crippen MR) is 85.8 cm³/mol. The lowest BCUT2D eigenvalue weighted by atomic mass is 9.86. The Balaban J connectivity index is 2.04. The minimum atomic E-state index is -0.549. The van der Waals surface area contributed by atoms with Gasteiger partial charge in [-0.3, -0.25) is 4.79 Å². The van der Waals surface area contributed by atoms with Gasteiger partial charge >= 0.3 is 5.97 Å². The third kappa shape index (κ3) is 4.33. The summed E-state index contributed by atoms with van der Waals surface area (Å²) in [6.45, 7) is 6.39. The van der Waals surface area contributed by atoms with Crippen molar-refractivity contribution in [2.45, 2.75) is 51.5 Å². The van der Waals surface area contributed by atoms with E-state index < -0.39 is 6.04 Å². The predicted octanol–water partition coefficient (Wildman–Crippen LogP) is 3.06. The highest BCUT2D eigenvalue weighted by molar-refractivity contribution is 5.96. The van der Waals surface area contributed by atoms with E-state index in [0.717, 1.165) is 12.8 Å². The maximum Gasteiger partial charge on any atom is 0.328 e. The van der Waals surface area contributed by atoms with Crippen molar-refractivity contribution in [2.75, 3.05) is 7.11 Å². The summed E-state index contributed by atoms with van der Waals surface area (Å²) < 4.78 is 4.79. The molecule has 0 aromatic heterocycles. The van der Waals surface area contributed by atoms with Gasteiger partial charge in [-0.05, 0) is 35.4 Å². The van der Waals surface area contributed by atoms with Crippen molar-refractivity contribution in [3.8, 4) is 0 Å². The van der Waals surface area contributed by atoms with E-state index in [1.165, 1.54) is 12.7 Å². The van der Waals surface area contributed by atoms with Crippen LogP contribution in [0.4, 0.5) is 0 Å². The summed E-state index contributed by atoms with van der Waals surface area (Å²) in [4.78, 5) is 24.1. The van der Waals surface area contributed by atoms with Gasteiger partial charge in [0.15, 0.2) is 0 Å². The second-order valence-electron chi connectivity index (χ2n) is 7.06. The van der Waals surface area contributed by atoms with Crippen LogP contribution in [0.5, 0.6) is 0 Å². The van der Waals surface area contributed by atoms with Gasteiger partial charge in [0.2, 0.25) is 0 Å². The van der Waals surface area contributed by atoms with E-state index in [9.17, 15) is 9.59 Å². The Hall–Kier alpha value is -1.84. The second-order valence-corrected chi connectivity index (χ2v) is 7.06. The fourth-order valence-electron chi connectivity index (χ4n) is 2.41. The van der Waals surface area contributed by atoms with Crippen LogP contribution in [0.25, 0.3) is 0 Å². The average Bonchev–Trinajstić information content (AvgIpc) is 3.29. The van der Waals surface area contributed by atoms with E-state index in [4.69, 9.17) is 4.74 Å². The smallest absolute Gasteiger partial charge is 0.328 e. The number of amides is 1. The first-order chi connectivity index (χ1) is 10.3. The Labute approximate surface area is 132 Å². The zero-order chi connectivity index (χ0) is 16.3. The molecule has 1 aliphatic rings. The van der Waals surface area contributed by atoms with Crippen molar-refractivity contribution in [1.82, 2.24) is 5.32 Å². The molecule has 1 aliphatic carbocycles. The second kappa shape index (κ2) is 6.51. The number of hydrogen-bond acceptors (Lipinski definition) is 3. The molecule has 4 heteroatoms. The molecule has 4 nitrogen and oxygen atoms in total. The normalized spacial score (nSPS) is 16.0. The van der Waals surface area contributed by atoms with E-state index in [1.807, 2.05) is 12.1 Å². The summed E-state index contributed by atoms with van der Waals surface area (Å²) in [7, 11) is 1.35. The number of hydrogen-bond donors (Lipinski definition) is 1. The first-order valence-electron chi connectivity index (χ1n) is 7.80. The summed E-state index contributed by atoms with van der Waals surface area (Å²) in [5.74, 6) is -0.0595. The number of ether oxygens (including phenoxy) is 1. The van der Waals surface area contributed by atoms with Crippen LogP contribution in [0.3, 0.4) is 0 Å². The lowest BCUT2D eigenvalue weighted by molar-refractivity contribution is -0.143. The minimum Gasteiger partial charge on any atom is -0.467 e. The van der Waals surface area contributed by atoms with Crippen LogP contribution in [0.15, 0.2) is 24.3 Å². The van der Waals surface area contributed by atoms with Crippen LogP contribution in [-0.4, -0.2) is 25.0 Å². The van der Waals surface area contributed by atoms with Gasteiger partial charge in [-0.25, -0.2) is 4.79 Å². The summed E-state index contributed by atoms with van der Waals surface area (Å²) in [6.07, 6.45) is 2.92. The topological polar surface area (TPSA) is 55.4 Å². The Kier molecular flexibility index (Phi) is 4.89. The maximum atomic E-state index is 12.3. The number of methoxy groups -OCH3 is 1. The average molecular weight is 303 g/mol. The molecule has 0 saturated heterocycles.